The number of hydrazine groups is 1. The average molecular weight is 159 g/mol. The molecule has 5 heteroatoms. The van der Waals surface area contributed by atoms with E-state index in [4.69, 9.17) is 10.6 Å². The zero-order valence-electron chi connectivity index (χ0n) is 6.52. The second kappa shape index (κ2) is 3.06. The Hall–Kier alpha value is -0.810. The van der Waals surface area contributed by atoms with E-state index in [-0.39, 0.29) is 11.6 Å². The van der Waals surface area contributed by atoms with Crippen LogP contribution in [-0.2, 0) is 4.74 Å². The summed E-state index contributed by atoms with van der Waals surface area (Å²) in [6.07, 6.45) is 0.834. The smallest absolute Gasteiger partial charge is 0.329 e. The molecule has 1 aliphatic rings. The van der Waals surface area contributed by atoms with E-state index in [1.54, 1.807) is 0 Å². The minimum absolute atomic E-state index is 0.247. The number of nitrogens with one attached hydrogen (secondary N) is 2. The van der Waals surface area contributed by atoms with Gasteiger partial charge in [-0.05, 0) is 13.3 Å². The molecule has 4 N–H and O–H groups in total. The summed E-state index contributed by atoms with van der Waals surface area (Å²) in [5, 5.41) is 2.70. The maximum Gasteiger partial charge on any atom is 0.329 e. The normalized spacial score (nSPS) is 30.0. The first-order valence-corrected chi connectivity index (χ1v) is 3.53. The van der Waals surface area contributed by atoms with Gasteiger partial charge in [-0.15, -0.1) is 0 Å². The van der Waals surface area contributed by atoms with Crippen molar-refractivity contribution in [1.82, 2.24) is 10.7 Å². The quantitative estimate of drug-likeness (QED) is 0.270. The summed E-state index contributed by atoms with van der Waals surface area (Å²) in [6.45, 7) is 3.18. The van der Waals surface area contributed by atoms with E-state index in [0.717, 1.165) is 6.42 Å². The van der Waals surface area contributed by atoms with E-state index >= 15 is 0 Å². The van der Waals surface area contributed by atoms with Gasteiger partial charge in [0, 0.05) is 6.61 Å². The predicted molar refractivity (Wildman–Crippen MR) is 39.7 cm³/mol. The van der Waals surface area contributed by atoms with Gasteiger partial charge < -0.3 is 10.1 Å². The molecule has 1 fully saturated rings. The van der Waals surface area contributed by atoms with Crippen molar-refractivity contribution in [2.75, 3.05) is 13.2 Å². The first kappa shape index (κ1) is 8.29. The van der Waals surface area contributed by atoms with Gasteiger partial charge in [0.05, 0.1) is 12.1 Å². The topological polar surface area (TPSA) is 76.4 Å². The summed E-state index contributed by atoms with van der Waals surface area (Å²) in [5.74, 6) is 4.91. The van der Waals surface area contributed by atoms with Gasteiger partial charge in [0.25, 0.3) is 0 Å². The Morgan fingerprint density at radius 1 is 1.73 bits per heavy atom. The van der Waals surface area contributed by atoms with Gasteiger partial charge in [-0.25, -0.2) is 10.6 Å². The molecule has 0 aromatic heterocycles. The third-order valence-corrected chi connectivity index (χ3v) is 1.77. The molecule has 0 radical (unpaired) electrons. The maximum absolute atomic E-state index is 10.8. The van der Waals surface area contributed by atoms with Crippen molar-refractivity contribution in [3.05, 3.63) is 0 Å². The van der Waals surface area contributed by atoms with Crippen LogP contribution in [0.15, 0.2) is 0 Å². The second-order valence-corrected chi connectivity index (χ2v) is 2.96. The molecule has 1 atom stereocenters. The van der Waals surface area contributed by atoms with E-state index in [1.165, 1.54) is 0 Å². The molecule has 1 aliphatic heterocycles. The summed E-state index contributed by atoms with van der Waals surface area (Å²) < 4.78 is 5.12. The van der Waals surface area contributed by atoms with Crippen LogP contribution in [0.25, 0.3) is 0 Å². The van der Waals surface area contributed by atoms with Crippen LogP contribution < -0.4 is 16.6 Å². The van der Waals surface area contributed by atoms with Crippen molar-refractivity contribution in [2.45, 2.75) is 18.9 Å². The second-order valence-electron chi connectivity index (χ2n) is 2.96. The lowest BCUT2D eigenvalue weighted by Crippen LogP contribution is -2.52. The van der Waals surface area contributed by atoms with Crippen LogP contribution in [-0.4, -0.2) is 24.8 Å². The maximum atomic E-state index is 10.8. The lowest BCUT2D eigenvalue weighted by Gasteiger charge is -2.22. The summed E-state index contributed by atoms with van der Waals surface area (Å²) >= 11 is 0. The van der Waals surface area contributed by atoms with Gasteiger partial charge in [0.1, 0.15) is 0 Å². The van der Waals surface area contributed by atoms with Gasteiger partial charge in [0.2, 0.25) is 0 Å². The lowest BCUT2D eigenvalue weighted by molar-refractivity contribution is 0.170. The highest BCUT2D eigenvalue weighted by Crippen LogP contribution is 2.16. The largest absolute Gasteiger partial charge is 0.379 e. The number of ether oxygens (including phenoxy) is 1. The van der Waals surface area contributed by atoms with Gasteiger partial charge in [-0.2, -0.15) is 0 Å². The Morgan fingerprint density at radius 2 is 2.45 bits per heavy atom. The Labute approximate surface area is 65.2 Å². The van der Waals surface area contributed by atoms with E-state index in [9.17, 15) is 4.79 Å². The molecule has 0 aliphatic carbocycles. The van der Waals surface area contributed by atoms with Crippen LogP contribution in [0.4, 0.5) is 4.79 Å². The van der Waals surface area contributed by atoms with Crippen LogP contribution in [0, 0.1) is 0 Å². The third kappa shape index (κ3) is 2.06. The molecule has 0 spiro atoms. The number of urea groups is 1. The van der Waals surface area contributed by atoms with Crippen LogP contribution in [0.3, 0.4) is 0 Å². The zero-order valence-corrected chi connectivity index (χ0v) is 6.52. The predicted octanol–water partition coefficient (Wildman–Crippen LogP) is -0.662. The molecular formula is C6H13N3O2. The number of hydrogen-bond donors (Lipinski definition) is 3. The van der Waals surface area contributed by atoms with Crippen molar-refractivity contribution < 1.29 is 9.53 Å². The van der Waals surface area contributed by atoms with Gasteiger partial charge in [-0.3, -0.25) is 5.43 Å². The van der Waals surface area contributed by atoms with E-state index in [1.807, 2.05) is 12.3 Å². The van der Waals surface area contributed by atoms with E-state index in [0.29, 0.717) is 13.2 Å². The van der Waals surface area contributed by atoms with Crippen molar-refractivity contribution in [3.8, 4) is 0 Å². The highest BCUT2D eigenvalue weighted by atomic mass is 16.5. The fraction of sp³-hybridized carbons (Fsp3) is 0.833. The highest BCUT2D eigenvalue weighted by Gasteiger charge is 2.30. The van der Waals surface area contributed by atoms with E-state index < -0.39 is 0 Å². The summed E-state index contributed by atoms with van der Waals surface area (Å²) in [5.41, 5.74) is 1.76. The van der Waals surface area contributed by atoms with Crippen molar-refractivity contribution in [2.24, 2.45) is 5.84 Å². The Balaban J connectivity index is 2.39. The monoisotopic (exact) mass is 159 g/mol. The van der Waals surface area contributed by atoms with Crippen LogP contribution >= 0.6 is 0 Å². The fourth-order valence-corrected chi connectivity index (χ4v) is 1.08. The van der Waals surface area contributed by atoms with Gasteiger partial charge in [0.15, 0.2) is 0 Å². The molecular weight excluding hydrogens is 146 g/mol. The molecule has 64 valence electrons. The van der Waals surface area contributed by atoms with Crippen molar-refractivity contribution in [1.29, 1.82) is 0 Å². The molecule has 11 heavy (non-hydrogen) atoms. The van der Waals surface area contributed by atoms with Crippen LogP contribution in [0.2, 0.25) is 0 Å². The molecule has 1 heterocycles. The van der Waals surface area contributed by atoms with Gasteiger partial charge in [-0.1, -0.05) is 0 Å². The first-order chi connectivity index (χ1) is 5.16. The molecule has 0 aromatic rings. The van der Waals surface area contributed by atoms with Crippen LogP contribution in [0.5, 0.6) is 0 Å². The number of hydrogen-bond acceptors (Lipinski definition) is 3. The number of amides is 2. The number of carbonyl (C=O) groups excluding carboxylic acids is 1. The molecule has 1 unspecified atom stereocenters. The lowest BCUT2D eigenvalue weighted by atomic mass is 10.0. The van der Waals surface area contributed by atoms with E-state index in [2.05, 4.69) is 5.32 Å². The molecule has 0 aromatic carbocycles. The Kier molecular flexibility index (Phi) is 2.31. The molecule has 0 bridgehead atoms. The van der Waals surface area contributed by atoms with Crippen LogP contribution in [0.1, 0.15) is 13.3 Å². The molecule has 1 rings (SSSR count). The number of rotatable bonds is 1. The molecule has 0 saturated carbocycles. The highest BCUT2D eigenvalue weighted by molar-refractivity contribution is 5.74. The SMILES string of the molecule is CC1(NC(=O)NN)CCOC1. The molecule has 2 amide bonds. The number of carbonyl (C=O) groups is 1. The Bertz CT molecular complexity index is 154. The van der Waals surface area contributed by atoms with Crippen molar-refractivity contribution >= 4 is 6.03 Å². The third-order valence-electron chi connectivity index (χ3n) is 1.77. The average Bonchev–Trinajstić information content (AvgIpc) is 2.36. The summed E-state index contributed by atoms with van der Waals surface area (Å²) in [6, 6.07) is -0.363. The Morgan fingerprint density at radius 3 is 2.91 bits per heavy atom. The summed E-state index contributed by atoms with van der Waals surface area (Å²) in [4.78, 5) is 10.8. The molecule has 5 nitrogen and oxygen atoms in total. The minimum atomic E-state index is -0.363. The first-order valence-electron chi connectivity index (χ1n) is 3.53. The zero-order chi connectivity index (χ0) is 8.32. The molecule has 1 saturated heterocycles. The summed E-state index contributed by atoms with van der Waals surface area (Å²) in [7, 11) is 0. The number of nitrogens with two attached hydrogens (primary N) is 1. The van der Waals surface area contributed by atoms with Gasteiger partial charge >= 0.3 is 6.03 Å². The minimum Gasteiger partial charge on any atom is -0.379 e. The fourth-order valence-electron chi connectivity index (χ4n) is 1.08. The standard InChI is InChI=1S/C6H13N3O2/c1-6(2-3-11-4-6)8-5(10)9-7/h2-4,7H2,1H3,(H2,8,9,10). The van der Waals surface area contributed by atoms with Crippen molar-refractivity contribution in [3.63, 3.8) is 0 Å².